The van der Waals surface area contributed by atoms with Crippen LogP contribution in [0.25, 0.3) is 0 Å². The van der Waals surface area contributed by atoms with Crippen LogP contribution in [0.5, 0.6) is 0 Å². The molecule has 0 N–H and O–H groups in total. The van der Waals surface area contributed by atoms with E-state index in [4.69, 9.17) is 27.9 Å². The summed E-state index contributed by atoms with van der Waals surface area (Å²) in [6.07, 6.45) is 5.66. The van der Waals surface area contributed by atoms with E-state index in [-0.39, 0.29) is 5.41 Å². The van der Waals surface area contributed by atoms with E-state index in [0.717, 1.165) is 0 Å². The molecule has 0 saturated heterocycles. The molecule has 0 spiro atoms. The van der Waals surface area contributed by atoms with E-state index in [1.165, 1.54) is 0 Å². The highest BCUT2D eigenvalue weighted by Crippen LogP contribution is 2.60. The molecule has 1 saturated carbocycles. The summed E-state index contributed by atoms with van der Waals surface area (Å²) in [5, 5.41) is 0. The first-order chi connectivity index (χ1) is 6.00. The van der Waals surface area contributed by atoms with Gasteiger partial charge < -0.3 is 4.74 Å². The summed E-state index contributed by atoms with van der Waals surface area (Å²) in [5.41, 5.74) is 0.254. The first-order valence-electron chi connectivity index (χ1n) is 4.22. The van der Waals surface area contributed by atoms with Crippen molar-refractivity contribution in [1.82, 2.24) is 0 Å². The van der Waals surface area contributed by atoms with Crippen molar-refractivity contribution >= 4 is 23.2 Å². The summed E-state index contributed by atoms with van der Waals surface area (Å²) in [6.45, 7) is 4.38. The van der Waals surface area contributed by atoms with E-state index in [1.54, 1.807) is 13.4 Å². The number of allylic oxidation sites excluding steroid dienone is 2. The van der Waals surface area contributed by atoms with Crippen LogP contribution in [0.3, 0.4) is 0 Å². The van der Waals surface area contributed by atoms with Crippen molar-refractivity contribution in [3.8, 4) is 0 Å². The van der Waals surface area contributed by atoms with Crippen LogP contribution in [-0.4, -0.2) is 7.11 Å². The van der Waals surface area contributed by atoms with Crippen molar-refractivity contribution < 1.29 is 4.74 Å². The molecule has 0 unspecified atom stereocenters. The second-order valence-corrected chi connectivity index (χ2v) is 4.90. The predicted molar refractivity (Wildman–Crippen MR) is 56.7 cm³/mol. The summed E-state index contributed by atoms with van der Waals surface area (Å²) in [7, 11) is 1.64. The van der Waals surface area contributed by atoms with Crippen molar-refractivity contribution in [2.75, 3.05) is 7.11 Å². The van der Waals surface area contributed by atoms with E-state index in [9.17, 15) is 0 Å². The highest BCUT2D eigenvalue weighted by molar-refractivity contribution is 6.55. The van der Waals surface area contributed by atoms with Gasteiger partial charge in [-0.25, -0.2) is 0 Å². The van der Waals surface area contributed by atoms with Gasteiger partial charge in [0, 0.05) is 0 Å². The van der Waals surface area contributed by atoms with E-state index in [0.29, 0.717) is 16.3 Å². The Bertz CT molecular complexity index is 239. The zero-order chi connectivity index (χ0) is 10.1. The fourth-order valence-corrected chi connectivity index (χ4v) is 1.97. The molecule has 0 aliphatic heterocycles. The minimum Gasteiger partial charge on any atom is -0.505 e. The molecule has 0 radical (unpaired) electrons. The summed E-state index contributed by atoms with van der Waals surface area (Å²) < 4.78 is 5.23. The molecule has 0 aromatic carbocycles. The Morgan fingerprint density at radius 1 is 1.31 bits per heavy atom. The van der Waals surface area contributed by atoms with Crippen molar-refractivity contribution in [2.45, 2.75) is 13.8 Å². The lowest BCUT2D eigenvalue weighted by Crippen LogP contribution is -1.87. The second kappa shape index (κ2) is 3.93. The van der Waals surface area contributed by atoms with Gasteiger partial charge in [0.2, 0.25) is 0 Å². The third-order valence-electron chi connectivity index (χ3n) is 2.72. The number of ether oxygens (including phenoxy) is 1. The van der Waals surface area contributed by atoms with Gasteiger partial charge in [-0.2, -0.15) is 0 Å². The van der Waals surface area contributed by atoms with Gasteiger partial charge in [-0.05, 0) is 29.4 Å². The van der Waals surface area contributed by atoms with Crippen LogP contribution in [0.2, 0.25) is 0 Å². The maximum Gasteiger partial charge on any atom is 0.103 e. The SMILES string of the molecule is COC=C[C@H]1[C@@H](C=C(Cl)Cl)C1(C)C. The van der Waals surface area contributed by atoms with Gasteiger partial charge in [-0.15, -0.1) is 0 Å². The molecule has 0 aromatic heterocycles. The topological polar surface area (TPSA) is 9.23 Å². The second-order valence-electron chi connectivity index (χ2n) is 3.89. The lowest BCUT2D eigenvalue weighted by Gasteiger charge is -1.96. The Balaban J connectivity index is 2.61. The Morgan fingerprint density at radius 3 is 2.38 bits per heavy atom. The quantitative estimate of drug-likeness (QED) is 0.659. The summed E-state index contributed by atoms with van der Waals surface area (Å²) in [4.78, 5) is 0. The molecule has 3 heteroatoms. The third kappa shape index (κ3) is 2.41. The minimum atomic E-state index is 0.254. The van der Waals surface area contributed by atoms with Crippen LogP contribution in [0, 0.1) is 17.3 Å². The van der Waals surface area contributed by atoms with E-state index in [1.807, 2.05) is 6.08 Å². The molecule has 0 amide bonds. The molecule has 1 aliphatic rings. The lowest BCUT2D eigenvalue weighted by molar-refractivity contribution is 0.335. The van der Waals surface area contributed by atoms with Gasteiger partial charge in [0.1, 0.15) is 4.49 Å². The Morgan fingerprint density at radius 2 is 1.92 bits per heavy atom. The van der Waals surface area contributed by atoms with Crippen LogP contribution in [0.15, 0.2) is 22.9 Å². The van der Waals surface area contributed by atoms with E-state index < -0.39 is 0 Å². The number of rotatable bonds is 3. The first kappa shape index (κ1) is 10.9. The normalized spacial score (nSPS) is 30.2. The molecule has 2 atom stereocenters. The molecule has 13 heavy (non-hydrogen) atoms. The van der Waals surface area contributed by atoms with Crippen molar-refractivity contribution in [2.24, 2.45) is 17.3 Å². The lowest BCUT2D eigenvalue weighted by atomic mass is 10.1. The Labute approximate surface area is 89.4 Å². The van der Waals surface area contributed by atoms with Crippen molar-refractivity contribution in [3.05, 3.63) is 22.9 Å². The molecule has 0 heterocycles. The monoisotopic (exact) mass is 220 g/mol. The molecule has 1 fully saturated rings. The fraction of sp³-hybridized carbons (Fsp3) is 0.600. The fourth-order valence-electron chi connectivity index (χ4n) is 1.70. The van der Waals surface area contributed by atoms with Gasteiger partial charge >= 0.3 is 0 Å². The molecular weight excluding hydrogens is 207 g/mol. The zero-order valence-corrected chi connectivity index (χ0v) is 9.56. The number of hydrogen-bond acceptors (Lipinski definition) is 1. The average molecular weight is 221 g/mol. The zero-order valence-electron chi connectivity index (χ0n) is 8.05. The summed E-state index contributed by atoms with van der Waals surface area (Å²) in [5.74, 6) is 0.920. The average Bonchev–Trinajstić information content (AvgIpc) is 2.49. The third-order valence-corrected chi connectivity index (χ3v) is 2.98. The Hall–Kier alpha value is -0.140. The van der Waals surface area contributed by atoms with E-state index in [2.05, 4.69) is 19.9 Å². The van der Waals surface area contributed by atoms with Crippen LogP contribution < -0.4 is 0 Å². The molecule has 0 aromatic rings. The van der Waals surface area contributed by atoms with E-state index >= 15 is 0 Å². The van der Waals surface area contributed by atoms with Crippen molar-refractivity contribution in [1.29, 1.82) is 0 Å². The van der Waals surface area contributed by atoms with Gasteiger partial charge in [0.05, 0.1) is 13.4 Å². The van der Waals surface area contributed by atoms with Crippen LogP contribution in [0.4, 0.5) is 0 Å². The highest BCUT2D eigenvalue weighted by Gasteiger charge is 2.54. The standard InChI is InChI=1S/C10H14Cl2O/c1-10(2)7(4-5-13-3)8(10)6-9(11)12/h4-8H,1-3H3/t7-,8+/m0/s1. The summed E-state index contributed by atoms with van der Waals surface area (Å²) >= 11 is 11.2. The highest BCUT2D eigenvalue weighted by atomic mass is 35.5. The number of hydrogen-bond donors (Lipinski definition) is 0. The smallest absolute Gasteiger partial charge is 0.103 e. The van der Waals surface area contributed by atoms with Crippen molar-refractivity contribution in [3.63, 3.8) is 0 Å². The molecular formula is C10H14Cl2O. The molecule has 1 rings (SSSR count). The maximum absolute atomic E-state index is 5.61. The molecule has 0 bridgehead atoms. The molecule has 1 aliphatic carbocycles. The number of halogens is 2. The molecule has 1 nitrogen and oxygen atoms in total. The predicted octanol–water partition coefficient (Wildman–Crippen LogP) is 3.74. The molecule has 74 valence electrons. The number of methoxy groups -OCH3 is 1. The minimum absolute atomic E-state index is 0.254. The summed E-state index contributed by atoms with van der Waals surface area (Å²) in [6, 6.07) is 0. The van der Waals surface area contributed by atoms with Gasteiger partial charge in [-0.1, -0.05) is 37.0 Å². The first-order valence-corrected chi connectivity index (χ1v) is 4.98. The largest absolute Gasteiger partial charge is 0.505 e. The van der Waals surface area contributed by atoms with Gasteiger partial charge in [0.25, 0.3) is 0 Å². The van der Waals surface area contributed by atoms with Crippen LogP contribution in [-0.2, 0) is 4.74 Å². The van der Waals surface area contributed by atoms with Crippen LogP contribution in [0.1, 0.15) is 13.8 Å². The maximum atomic E-state index is 5.61. The Kier molecular flexibility index (Phi) is 3.31. The van der Waals surface area contributed by atoms with Crippen LogP contribution >= 0.6 is 23.2 Å². The van der Waals surface area contributed by atoms with Gasteiger partial charge in [-0.3, -0.25) is 0 Å². The van der Waals surface area contributed by atoms with Gasteiger partial charge in [0.15, 0.2) is 0 Å².